The number of aromatic nitrogens is 2. The molecular weight excluding hydrogens is 297 g/mol. The van der Waals surface area contributed by atoms with E-state index in [9.17, 15) is 4.39 Å². The molecule has 1 heterocycles. The first-order chi connectivity index (χ1) is 8.60. The average molecular weight is 312 g/mol. The highest BCUT2D eigenvalue weighted by molar-refractivity contribution is 9.10. The second kappa shape index (κ2) is 5.52. The Morgan fingerprint density at radius 2 is 2.17 bits per heavy atom. The van der Waals surface area contributed by atoms with E-state index < -0.39 is 0 Å². The monoisotopic (exact) mass is 311 g/mol. The molecule has 3 nitrogen and oxygen atoms in total. The van der Waals surface area contributed by atoms with Crippen LogP contribution in [0.4, 0.5) is 10.1 Å². The molecule has 1 aromatic carbocycles. The molecule has 1 aromatic heterocycles. The molecule has 0 unspecified atom stereocenters. The first-order valence-corrected chi connectivity index (χ1v) is 6.60. The van der Waals surface area contributed by atoms with Crippen LogP contribution in [0.3, 0.4) is 0 Å². The van der Waals surface area contributed by atoms with E-state index in [0.717, 1.165) is 22.3 Å². The molecule has 1 N–H and O–H groups in total. The Morgan fingerprint density at radius 1 is 1.39 bits per heavy atom. The molecule has 96 valence electrons. The molecule has 0 aliphatic carbocycles. The van der Waals surface area contributed by atoms with Gasteiger partial charge in [-0.05, 0) is 30.7 Å². The lowest BCUT2D eigenvalue weighted by Gasteiger charge is -2.07. The fraction of sp³-hybridized carbons (Fsp3) is 0.308. The minimum atomic E-state index is -0.262. The summed E-state index contributed by atoms with van der Waals surface area (Å²) in [6, 6.07) is 7.01. The highest BCUT2D eigenvalue weighted by Crippen LogP contribution is 2.20. The molecule has 18 heavy (non-hydrogen) atoms. The highest BCUT2D eigenvalue weighted by atomic mass is 79.9. The largest absolute Gasteiger partial charge is 0.377 e. The van der Waals surface area contributed by atoms with E-state index in [1.165, 1.54) is 6.07 Å². The summed E-state index contributed by atoms with van der Waals surface area (Å²) in [5.41, 5.74) is 2.58. The zero-order chi connectivity index (χ0) is 13.1. The normalized spacial score (nSPS) is 10.7. The summed E-state index contributed by atoms with van der Waals surface area (Å²) in [5, 5.41) is 7.43. The zero-order valence-electron chi connectivity index (χ0n) is 10.4. The van der Waals surface area contributed by atoms with Gasteiger partial charge in [-0.2, -0.15) is 5.10 Å². The van der Waals surface area contributed by atoms with Crippen molar-refractivity contribution in [3.05, 3.63) is 45.9 Å². The van der Waals surface area contributed by atoms with Gasteiger partial charge in [0.15, 0.2) is 0 Å². The number of anilines is 1. The van der Waals surface area contributed by atoms with Crippen LogP contribution in [0.2, 0.25) is 0 Å². The molecular formula is C13H15BrFN3. The van der Waals surface area contributed by atoms with Gasteiger partial charge in [0.2, 0.25) is 0 Å². The SMILES string of the molecule is CCc1cc(CNc2ccc(Br)cc2F)n(C)n1. The van der Waals surface area contributed by atoms with Crippen molar-refractivity contribution < 1.29 is 4.39 Å². The van der Waals surface area contributed by atoms with Crippen molar-refractivity contribution in [2.24, 2.45) is 7.05 Å². The van der Waals surface area contributed by atoms with Gasteiger partial charge in [-0.3, -0.25) is 4.68 Å². The summed E-state index contributed by atoms with van der Waals surface area (Å²) >= 11 is 3.23. The molecule has 0 bridgehead atoms. The van der Waals surface area contributed by atoms with Crippen molar-refractivity contribution in [2.45, 2.75) is 19.9 Å². The van der Waals surface area contributed by atoms with E-state index in [1.807, 2.05) is 23.9 Å². The van der Waals surface area contributed by atoms with Crippen LogP contribution in [0.15, 0.2) is 28.7 Å². The maximum absolute atomic E-state index is 13.6. The molecule has 0 radical (unpaired) electrons. The second-order valence-electron chi connectivity index (χ2n) is 4.08. The van der Waals surface area contributed by atoms with E-state index in [4.69, 9.17) is 0 Å². The number of benzene rings is 1. The Labute approximate surface area is 114 Å². The topological polar surface area (TPSA) is 29.9 Å². The van der Waals surface area contributed by atoms with Crippen molar-refractivity contribution >= 4 is 21.6 Å². The van der Waals surface area contributed by atoms with Crippen molar-refractivity contribution in [1.29, 1.82) is 0 Å². The van der Waals surface area contributed by atoms with Gasteiger partial charge in [0.1, 0.15) is 5.82 Å². The standard InChI is InChI=1S/C13H15BrFN3/c1-3-10-7-11(18(2)17-10)8-16-13-5-4-9(14)6-12(13)15/h4-7,16H,3,8H2,1-2H3. The molecule has 0 saturated carbocycles. The number of rotatable bonds is 4. The number of hydrogen-bond donors (Lipinski definition) is 1. The fourth-order valence-corrected chi connectivity index (χ4v) is 2.06. The van der Waals surface area contributed by atoms with Crippen LogP contribution in [-0.2, 0) is 20.0 Å². The lowest BCUT2D eigenvalue weighted by molar-refractivity contribution is 0.628. The third-order valence-electron chi connectivity index (χ3n) is 2.78. The van der Waals surface area contributed by atoms with Crippen LogP contribution in [0.5, 0.6) is 0 Å². The fourth-order valence-electron chi connectivity index (χ4n) is 1.73. The quantitative estimate of drug-likeness (QED) is 0.936. The second-order valence-corrected chi connectivity index (χ2v) is 5.00. The number of halogens is 2. The van der Waals surface area contributed by atoms with Crippen LogP contribution in [0.1, 0.15) is 18.3 Å². The van der Waals surface area contributed by atoms with Crippen molar-refractivity contribution in [3.8, 4) is 0 Å². The predicted octanol–water partition coefficient (Wildman–Crippen LogP) is 3.50. The van der Waals surface area contributed by atoms with E-state index in [2.05, 4.69) is 33.3 Å². The summed E-state index contributed by atoms with van der Waals surface area (Å²) in [7, 11) is 1.90. The van der Waals surface area contributed by atoms with Gasteiger partial charge in [0.05, 0.1) is 23.6 Å². The smallest absolute Gasteiger partial charge is 0.147 e. The number of nitrogens with one attached hydrogen (secondary N) is 1. The maximum atomic E-state index is 13.6. The lowest BCUT2D eigenvalue weighted by atomic mass is 10.2. The third-order valence-corrected chi connectivity index (χ3v) is 3.27. The highest BCUT2D eigenvalue weighted by Gasteiger charge is 2.06. The zero-order valence-corrected chi connectivity index (χ0v) is 12.0. The summed E-state index contributed by atoms with van der Waals surface area (Å²) < 4.78 is 16.2. The molecule has 2 aromatic rings. The molecule has 2 rings (SSSR count). The Balaban J connectivity index is 2.08. The van der Waals surface area contributed by atoms with Crippen LogP contribution in [0, 0.1) is 5.82 Å². The van der Waals surface area contributed by atoms with E-state index in [1.54, 1.807) is 6.07 Å². The average Bonchev–Trinajstić information content (AvgIpc) is 2.69. The van der Waals surface area contributed by atoms with E-state index in [0.29, 0.717) is 12.2 Å². The van der Waals surface area contributed by atoms with Crippen molar-refractivity contribution in [3.63, 3.8) is 0 Å². The van der Waals surface area contributed by atoms with Gasteiger partial charge in [-0.1, -0.05) is 22.9 Å². The molecule has 5 heteroatoms. The molecule has 0 aliphatic rings. The van der Waals surface area contributed by atoms with Crippen LogP contribution in [-0.4, -0.2) is 9.78 Å². The molecule has 0 amide bonds. The van der Waals surface area contributed by atoms with Crippen LogP contribution >= 0.6 is 15.9 Å². The van der Waals surface area contributed by atoms with Gasteiger partial charge in [0, 0.05) is 11.5 Å². The summed E-state index contributed by atoms with van der Waals surface area (Å²) in [6.45, 7) is 2.62. The Hall–Kier alpha value is -1.36. The minimum absolute atomic E-state index is 0.262. The van der Waals surface area contributed by atoms with E-state index >= 15 is 0 Å². The van der Waals surface area contributed by atoms with Crippen LogP contribution < -0.4 is 5.32 Å². The molecule has 0 spiro atoms. The first-order valence-electron chi connectivity index (χ1n) is 5.81. The van der Waals surface area contributed by atoms with Gasteiger partial charge in [0.25, 0.3) is 0 Å². The number of hydrogen-bond acceptors (Lipinski definition) is 2. The lowest BCUT2D eigenvalue weighted by Crippen LogP contribution is -2.06. The molecule has 0 saturated heterocycles. The Kier molecular flexibility index (Phi) is 4.01. The Bertz CT molecular complexity index is 551. The van der Waals surface area contributed by atoms with Crippen molar-refractivity contribution in [2.75, 3.05) is 5.32 Å². The minimum Gasteiger partial charge on any atom is -0.377 e. The summed E-state index contributed by atoms with van der Waals surface area (Å²) in [4.78, 5) is 0. The first kappa shape index (κ1) is 13.1. The maximum Gasteiger partial charge on any atom is 0.147 e. The number of aryl methyl sites for hydroxylation is 2. The van der Waals surface area contributed by atoms with E-state index in [-0.39, 0.29) is 5.82 Å². The molecule has 0 fully saturated rings. The predicted molar refractivity (Wildman–Crippen MR) is 74.0 cm³/mol. The van der Waals surface area contributed by atoms with Gasteiger partial charge in [-0.25, -0.2) is 4.39 Å². The Morgan fingerprint density at radius 3 is 2.78 bits per heavy atom. The summed E-state index contributed by atoms with van der Waals surface area (Å²) in [5.74, 6) is -0.262. The third kappa shape index (κ3) is 2.90. The van der Waals surface area contributed by atoms with Gasteiger partial charge >= 0.3 is 0 Å². The molecule has 0 atom stereocenters. The molecule has 0 aliphatic heterocycles. The van der Waals surface area contributed by atoms with Gasteiger partial charge in [-0.15, -0.1) is 0 Å². The van der Waals surface area contributed by atoms with Gasteiger partial charge < -0.3 is 5.32 Å². The number of nitrogens with zero attached hydrogens (tertiary/aromatic N) is 2. The van der Waals surface area contributed by atoms with Crippen LogP contribution in [0.25, 0.3) is 0 Å². The van der Waals surface area contributed by atoms with Crippen molar-refractivity contribution in [1.82, 2.24) is 9.78 Å². The summed E-state index contributed by atoms with van der Waals surface area (Å²) in [6.07, 6.45) is 0.903.